The summed E-state index contributed by atoms with van der Waals surface area (Å²) in [7, 11) is 9.63. The lowest BCUT2D eigenvalue weighted by Gasteiger charge is -2.22. The first-order chi connectivity index (χ1) is 13.1. The van der Waals surface area contributed by atoms with Gasteiger partial charge in [-0.1, -0.05) is 0 Å². The van der Waals surface area contributed by atoms with Crippen molar-refractivity contribution in [3.05, 3.63) is 23.3 Å². The standard InChI is InChI=1S/C20H25NO6/c1-22-13-7-11-9-21-10-12-8-14(23-2)18(25-4)20(27-6)16(12)15(11)19(26-5)17(13)24-3/h7-8,21H,9-10H2,1-6H3. The van der Waals surface area contributed by atoms with Crippen LogP contribution >= 0.6 is 0 Å². The Hall–Kier alpha value is -2.80. The van der Waals surface area contributed by atoms with Crippen LogP contribution in [0.5, 0.6) is 34.5 Å². The predicted molar refractivity (Wildman–Crippen MR) is 102 cm³/mol. The van der Waals surface area contributed by atoms with E-state index in [0.717, 1.165) is 22.3 Å². The molecule has 0 aromatic heterocycles. The lowest BCUT2D eigenvalue weighted by molar-refractivity contribution is 0.322. The van der Waals surface area contributed by atoms with E-state index in [2.05, 4.69) is 5.32 Å². The van der Waals surface area contributed by atoms with Crippen molar-refractivity contribution in [2.75, 3.05) is 42.7 Å². The topological polar surface area (TPSA) is 67.4 Å². The summed E-state index contributed by atoms with van der Waals surface area (Å²) < 4.78 is 33.7. The maximum absolute atomic E-state index is 5.76. The van der Waals surface area contributed by atoms with Gasteiger partial charge < -0.3 is 33.7 Å². The average molecular weight is 375 g/mol. The molecule has 0 aliphatic carbocycles. The Morgan fingerprint density at radius 3 is 1.22 bits per heavy atom. The van der Waals surface area contributed by atoms with Crippen molar-refractivity contribution >= 4 is 0 Å². The highest BCUT2D eigenvalue weighted by atomic mass is 16.5. The summed E-state index contributed by atoms with van der Waals surface area (Å²) in [5, 5.41) is 3.44. The van der Waals surface area contributed by atoms with E-state index in [4.69, 9.17) is 28.4 Å². The van der Waals surface area contributed by atoms with Crippen molar-refractivity contribution in [2.24, 2.45) is 0 Å². The van der Waals surface area contributed by atoms with Crippen molar-refractivity contribution in [2.45, 2.75) is 13.1 Å². The molecule has 146 valence electrons. The SMILES string of the molecule is COc1cc2c(c(OC)c1OC)-c1c(cc(OC)c(OC)c1OC)CNC2. The van der Waals surface area contributed by atoms with E-state index in [9.17, 15) is 0 Å². The Balaban J connectivity index is 2.45. The molecule has 7 nitrogen and oxygen atoms in total. The monoisotopic (exact) mass is 375 g/mol. The molecule has 0 unspecified atom stereocenters. The number of ether oxygens (including phenoxy) is 6. The molecule has 0 spiro atoms. The quantitative estimate of drug-likeness (QED) is 0.832. The first-order valence-electron chi connectivity index (χ1n) is 8.49. The van der Waals surface area contributed by atoms with Crippen LogP contribution in [0.25, 0.3) is 11.1 Å². The molecule has 0 saturated carbocycles. The van der Waals surface area contributed by atoms with Gasteiger partial charge in [0.1, 0.15) is 0 Å². The average Bonchev–Trinajstić information content (AvgIpc) is 2.89. The normalized spacial score (nSPS) is 12.4. The van der Waals surface area contributed by atoms with Gasteiger partial charge in [-0.3, -0.25) is 0 Å². The molecular formula is C20H25NO6. The fourth-order valence-corrected chi connectivity index (χ4v) is 3.57. The molecule has 0 bridgehead atoms. The van der Waals surface area contributed by atoms with Gasteiger partial charge in [0.2, 0.25) is 11.5 Å². The van der Waals surface area contributed by atoms with E-state index in [-0.39, 0.29) is 0 Å². The van der Waals surface area contributed by atoms with E-state index in [1.807, 2.05) is 12.1 Å². The van der Waals surface area contributed by atoms with Gasteiger partial charge in [-0.05, 0) is 23.3 Å². The minimum absolute atomic E-state index is 0.531. The largest absolute Gasteiger partial charge is 0.493 e. The first-order valence-corrected chi connectivity index (χ1v) is 8.49. The molecule has 0 radical (unpaired) electrons. The smallest absolute Gasteiger partial charge is 0.203 e. The molecule has 0 amide bonds. The van der Waals surface area contributed by atoms with E-state index in [0.29, 0.717) is 47.6 Å². The van der Waals surface area contributed by atoms with Crippen LogP contribution in [0, 0.1) is 0 Å². The van der Waals surface area contributed by atoms with Gasteiger partial charge in [0.15, 0.2) is 23.0 Å². The zero-order chi connectivity index (χ0) is 19.6. The van der Waals surface area contributed by atoms with Crippen LogP contribution in [0.3, 0.4) is 0 Å². The molecule has 7 heteroatoms. The van der Waals surface area contributed by atoms with Crippen LogP contribution in [-0.2, 0) is 13.1 Å². The van der Waals surface area contributed by atoms with Crippen LogP contribution in [0.15, 0.2) is 12.1 Å². The van der Waals surface area contributed by atoms with Crippen LogP contribution in [-0.4, -0.2) is 42.7 Å². The van der Waals surface area contributed by atoms with E-state index in [1.165, 1.54) is 0 Å². The zero-order valence-electron chi connectivity index (χ0n) is 16.5. The highest BCUT2D eigenvalue weighted by Crippen LogP contribution is 2.54. The van der Waals surface area contributed by atoms with E-state index < -0.39 is 0 Å². The summed E-state index contributed by atoms with van der Waals surface area (Å²) in [6.07, 6.45) is 0. The predicted octanol–water partition coefficient (Wildman–Crippen LogP) is 3.01. The number of nitrogens with one attached hydrogen (secondary N) is 1. The van der Waals surface area contributed by atoms with Crippen molar-refractivity contribution in [1.29, 1.82) is 0 Å². The Morgan fingerprint density at radius 2 is 0.926 bits per heavy atom. The number of hydrogen-bond donors (Lipinski definition) is 1. The van der Waals surface area contributed by atoms with Crippen molar-refractivity contribution in [3.8, 4) is 45.6 Å². The van der Waals surface area contributed by atoms with Gasteiger partial charge in [-0.25, -0.2) is 0 Å². The molecule has 3 rings (SSSR count). The Bertz CT molecular complexity index is 780. The Labute approximate surface area is 159 Å². The third-order valence-corrected chi connectivity index (χ3v) is 4.70. The summed E-state index contributed by atoms with van der Waals surface area (Å²) >= 11 is 0. The summed E-state index contributed by atoms with van der Waals surface area (Å²) in [5.41, 5.74) is 3.78. The highest BCUT2D eigenvalue weighted by Gasteiger charge is 2.30. The van der Waals surface area contributed by atoms with Gasteiger partial charge in [-0.2, -0.15) is 0 Å². The zero-order valence-corrected chi connectivity index (χ0v) is 16.5. The second kappa shape index (κ2) is 7.84. The molecule has 1 aliphatic rings. The van der Waals surface area contributed by atoms with Crippen LogP contribution in [0.1, 0.15) is 11.1 Å². The fourth-order valence-electron chi connectivity index (χ4n) is 3.57. The molecule has 27 heavy (non-hydrogen) atoms. The molecule has 0 fully saturated rings. The first kappa shape index (κ1) is 19.0. The second-order valence-electron chi connectivity index (χ2n) is 5.96. The third-order valence-electron chi connectivity index (χ3n) is 4.70. The lowest BCUT2D eigenvalue weighted by atomic mass is 9.93. The second-order valence-corrected chi connectivity index (χ2v) is 5.96. The minimum Gasteiger partial charge on any atom is -0.493 e. The molecule has 2 aromatic rings. The number of benzene rings is 2. The molecule has 1 heterocycles. The van der Waals surface area contributed by atoms with E-state index >= 15 is 0 Å². The number of rotatable bonds is 6. The molecule has 0 atom stereocenters. The molecule has 1 aliphatic heterocycles. The summed E-state index contributed by atoms with van der Waals surface area (Å²) in [4.78, 5) is 0. The Kier molecular flexibility index (Phi) is 5.51. The van der Waals surface area contributed by atoms with Crippen molar-refractivity contribution in [3.63, 3.8) is 0 Å². The maximum Gasteiger partial charge on any atom is 0.203 e. The van der Waals surface area contributed by atoms with Gasteiger partial charge in [0, 0.05) is 24.2 Å². The third kappa shape index (κ3) is 2.98. The number of hydrogen-bond acceptors (Lipinski definition) is 7. The van der Waals surface area contributed by atoms with Crippen LogP contribution in [0.2, 0.25) is 0 Å². The summed E-state index contributed by atoms with van der Waals surface area (Å²) in [5.74, 6) is 3.45. The van der Waals surface area contributed by atoms with E-state index in [1.54, 1.807) is 42.7 Å². The maximum atomic E-state index is 5.76. The van der Waals surface area contributed by atoms with Gasteiger partial charge >= 0.3 is 0 Å². The molecular weight excluding hydrogens is 350 g/mol. The van der Waals surface area contributed by atoms with Crippen LogP contribution in [0.4, 0.5) is 0 Å². The van der Waals surface area contributed by atoms with Crippen molar-refractivity contribution < 1.29 is 28.4 Å². The van der Waals surface area contributed by atoms with Crippen LogP contribution < -0.4 is 33.7 Å². The lowest BCUT2D eigenvalue weighted by Crippen LogP contribution is -2.11. The molecule has 1 N–H and O–H groups in total. The molecule has 2 aromatic carbocycles. The fraction of sp³-hybridized carbons (Fsp3) is 0.400. The number of methoxy groups -OCH3 is 6. The Morgan fingerprint density at radius 1 is 0.556 bits per heavy atom. The summed E-state index contributed by atoms with van der Waals surface area (Å²) in [6.45, 7) is 1.27. The van der Waals surface area contributed by atoms with Gasteiger partial charge in [-0.15, -0.1) is 0 Å². The number of fused-ring (bicyclic) bond motifs is 3. The minimum atomic E-state index is 0.531. The van der Waals surface area contributed by atoms with Gasteiger partial charge in [0.05, 0.1) is 42.7 Å². The highest BCUT2D eigenvalue weighted by molar-refractivity contribution is 5.88. The molecule has 0 saturated heterocycles. The van der Waals surface area contributed by atoms with Gasteiger partial charge in [0.25, 0.3) is 0 Å². The van der Waals surface area contributed by atoms with Crippen molar-refractivity contribution in [1.82, 2.24) is 5.32 Å². The summed E-state index contributed by atoms with van der Waals surface area (Å²) in [6, 6.07) is 3.91.